The molecule has 3 heteroatoms. The number of Topliss-reactive ketones (excluding diaryl/α,β-unsaturated/α-hetero) is 1. The maximum atomic E-state index is 10.7. The quantitative estimate of drug-likeness (QED) is 0.658. The zero-order valence-electron chi connectivity index (χ0n) is 6.07. The summed E-state index contributed by atoms with van der Waals surface area (Å²) in [7, 11) is 0. The first-order chi connectivity index (χ1) is 4.72. The van der Waals surface area contributed by atoms with Gasteiger partial charge >= 0.3 is 0 Å². The minimum Gasteiger partial charge on any atom is -0.507 e. The van der Waals surface area contributed by atoms with Crippen molar-refractivity contribution in [2.45, 2.75) is 6.92 Å². The molecule has 0 amide bonds. The van der Waals surface area contributed by atoms with E-state index in [4.69, 9.17) is 5.11 Å². The van der Waals surface area contributed by atoms with Crippen LogP contribution in [0.25, 0.3) is 0 Å². The van der Waals surface area contributed by atoms with E-state index in [1.807, 2.05) is 0 Å². The highest BCUT2D eigenvalue weighted by Gasteiger charge is 2.02. The second kappa shape index (κ2) is 3.98. The number of carbonyl (C=O) groups is 1. The molecular formula is C8H9ClO2. The standard InChI is InChI=1S/C8H8O2.ClH/c1-6(9)7-4-2-3-5-8(7)10;/h2-5,10H,1H3;1H. The number of aromatic hydroxyl groups is 1. The minimum absolute atomic E-state index is 0. The first-order valence-electron chi connectivity index (χ1n) is 3.01. The Labute approximate surface area is 71.3 Å². The van der Waals surface area contributed by atoms with Crippen molar-refractivity contribution < 1.29 is 9.90 Å². The van der Waals surface area contributed by atoms with Crippen molar-refractivity contribution in [1.82, 2.24) is 0 Å². The SMILES string of the molecule is CC(=O)c1ccccc1O.Cl. The molecule has 0 aromatic heterocycles. The van der Waals surface area contributed by atoms with Gasteiger partial charge in [-0.2, -0.15) is 0 Å². The van der Waals surface area contributed by atoms with E-state index in [1.54, 1.807) is 18.2 Å². The van der Waals surface area contributed by atoms with E-state index in [-0.39, 0.29) is 23.9 Å². The zero-order chi connectivity index (χ0) is 7.56. The van der Waals surface area contributed by atoms with Crippen LogP contribution in [-0.4, -0.2) is 10.9 Å². The summed E-state index contributed by atoms with van der Waals surface area (Å²) < 4.78 is 0. The van der Waals surface area contributed by atoms with Crippen LogP contribution in [0.4, 0.5) is 0 Å². The number of ketones is 1. The Hall–Kier alpha value is -1.02. The predicted octanol–water partition coefficient (Wildman–Crippen LogP) is 2.02. The monoisotopic (exact) mass is 172 g/mol. The Morgan fingerprint density at radius 1 is 1.36 bits per heavy atom. The van der Waals surface area contributed by atoms with Crippen LogP contribution in [-0.2, 0) is 0 Å². The highest BCUT2D eigenvalue weighted by molar-refractivity contribution is 5.96. The summed E-state index contributed by atoms with van der Waals surface area (Å²) in [5.74, 6) is -0.0619. The van der Waals surface area contributed by atoms with Gasteiger partial charge in [0.2, 0.25) is 0 Å². The van der Waals surface area contributed by atoms with Crippen LogP contribution >= 0.6 is 12.4 Å². The third kappa shape index (κ3) is 2.24. The molecular weight excluding hydrogens is 164 g/mol. The maximum absolute atomic E-state index is 10.7. The van der Waals surface area contributed by atoms with E-state index in [9.17, 15) is 4.79 Å². The Kier molecular flexibility index (Phi) is 3.61. The van der Waals surface area contributed by atoms with Gasteiger partial charge in [-0.05, 0) is 19.1 Å². The molecule has 0 aliphatic rings. The van der Waals surface area contributed by atoms with Gasteiger partial charge in [-0.1, -0.05) is 12.1 Å². The number of carbonyl (C=O) groups excluding carboxylic acids is 1. The van der Waals surface area contributed by atoms with Gasteiger partial charge in [0, 0.05) is 0 Å². The second-order valence-electron chi connectivity index (χ2n) is 2.07. The Morgan fingerprint density at radius 2 is 1.91 bits per heavy atom. The van der Waals surface area contributed by atoms with Gasteiger partial charge in [0.15, 0.2) is 5.78 Å². The van der Waals surface area contributed by atoms with E-state index in [1.165, 1.54) is 13.0 Å². The van der Waals surface area contributed by atoms with Gasteiger partial charge in [0.05, 0.1) is 5.56 Å². The molecule has 11 heavy (non-hydrogen) atoms. The highest BCUT2D eigenvalue weighted by Crippen LogP contribution is 2.15. The van der Waals surface area contributed by atoms with E-state index in [0.717, 1.165) is 0 Å². The average Bonchev–Trinajstić information content (AvgIpc) is 1.88. The lowest BCUT2D eigenvalue weighted by atomic mass is 10.1. The van der Waals surface area contributed by atoms with Crippen LogP contribution in [0.5, 0.6) is 5.75 Å². The third-order valence-corrected chi connectivity index (χ3v) is 1.28. The molecule has 0 unspecified atom stereocenters. The van der Waals surface area contributed by atoms with Gasteiger partial charge in [0.25, 0.3) is 0 Å². The predicted molar refractivity (Wildman–Crippen MR) is 45.4 cm³/mol. The average molecular weight is 173 g/mol. The van der Waals surface area contributed by atoms with Crippen molar-refractivity contribution in [3.63, 3.8) is 0 Å². The summed E-state index contributed by atoms with van der Waals surface area (Å²) in [6.07, 6.45) is 0. The molecule has 1 rings (SSSR count). The normalized spacial score (nSPS) is 8.45. The zero-order valence-corrected chi connectivity index (χ0v) is 6.89. The van der Waals surface area contributed by atoms with Gasteiger partial charge in [-0.3, -0.25) is 4.79 Å². The van der Waals surface area contributed by atoms with Gasteiger partial charge < -0.3 is 5.11 Å². The fraction of sp³-hybridized carbons (Fsp3) is 0.125. The first-order valence-corrected chi connectivity index (χ1v) is 3.01. The van der Waals surface area contributed by atoms with Gasteiger partial charge in [-0.25, -0.2) is 0 Å². The molecule has 0 atom stereocenters. The number of hydrogen-bond donors (Lipinski definition) is 1. The van der Waals surface area contributed by atoms with Crippen molar-refractivity contribution >= 4 is 18.2 Å². The largest absolute Gasteiger partial charge is 0.507 e. The van der Waals surface area contributed by atoms with E-state index < -0.39 is 0 Å². The fourth-order valence-electron chi connectivity index (χ4n) is 0.771. The smallest absolute Gasteiger partial charge is 0.163 e. The molecule has 0 bridgehead atoms. The summed E-state index contributed by atoms with van der Waals surface area (Å²) >= 11 is 0. The topological polar surface area (TPSA) is 37.3 Å². The lowest BCUT2D eigenvalue weighted by Crippen LogP contribution is -1.90. The van der Waals surface area contributed by atoms with Crippen molar-refractivity contribution in [1.29, 1.82) is 0 Å². The van der Waals surface area contributed by atoms with Crippen LogP contribution in [0, 0.1) is 0 Å². The number of para-hydroxylation sites is 1. The van der Waals surface area contributed by atoms with Gasteiger partial charge in [0.1, 0.15) is 5.75 Å². The molecule has 0 saturated carbocycles. The van der Waals surface area contributed by atoms with Crippen LogP contribution < -0.4 is 0 Å². The summed E-state index contributed by atoms with van der Waals surface area (Å²) in [6, 6.07) is 6.49. The molecule has 1 aromatic carbocycles. The van der Waals surface area contributed by atoms with Crippen molar-refractivity contribution in [2.24, 2.45) is 0 Å². The maximum Gasteiger partial charge on any atom is 0.163 e. The molecule has 0 heterocycles. The lowest BCUT2D eigenvalue weighted by Gasteiger charge is -1.96. The molecule has 0 radical (unpaired) electrons. The first kappa shape index (κ1) is 9.98. The van der Waals surface area contributed by atoms with Crippen molar-refractivity contribution in [3.8, 4) is 5.75 Å². The Bertz CT molecular complexity index is 258. The number of phenols is 1. The number of rotatable bonds is 1. The third-order valence-electron chi connectivity index (χ3n) is 1.28. The van der Waals surface area contributed by atoms with Gasteiger partial charge in [-0.15, -0.1) is 12.4 Å². The molecule has 1 N–H and O–H groups in total. The van der Waals surface area contributed by atoms with Crippen molar-refractivity contribution in [2.75, 3.05) is 0 Å². The van der Waals surface area contributed by atoms with Crippen LogP contribution in [0.15, 0.2) is 24.3 Å². The Morgan fingerprint density at radius 3 is 2.27 bits per heavy atom. The molecule has 0 spiro atoms. The number of halogens is 1. The molecule has 0 aliphatic heterocycles. The van der Waals surface area contributed by atoms with Crippen molar-refractivity contribution in [3.05, 3.63) is 29.8 Å². The molecule has 1 aromatic rings. The number of benzene rings is 1. The fourth-order valence-corrected chi connectivity index (χ4v) is 0.771. The molecule has 0 saturated heterocycles. The molecule has 2 nitrogen and oxygen atoms in total. The second-order valence-corrected chi connectivity index (χ2v) is 2.07. The van der Waals surface area contributed by atoms with E-state index in [2.05, 4.69) is 0 Å². The summed E-state index contributed by atoms with van der Waals surface area (Å²) in [5.41, 5.74) is 0.377. The lowest BCUT2D eigenvalue weighted by molar-refractivity contribution is 0.101. The van der Waals surface area contributed by atoms with E-state index >= 15 is 0 Å². The highest BCUT2D eigenvalue weighted by atomic mass is 35.5. The summed E-state index contributed by atoms with van der Waals surface area (Å²) in [4.78, 5) is 10.7. The number of phenolic OH excluding ortho intramolecular Hbond substituents is 1. The number of hydrogen-bond acceptors (Lipinski definition) is 2. The summed E-state index contributed by atoms with van der Waals surface area (Å²) in [6.45, 7) is 1.43. The summed E-state index contributed by atoms with van der Waals surface area (Å²) in [5, 5.41) is 9.06. The van der Waals surface area contributed by atoms with E-state index in [0.29, 0.717) is 5.56 Å². The van der Waals surface area contributed by atoms with Crippen LogP contribution in [0.2, 0.25) is 0 Å². The molecule has 0 fully saturated rings. The minimum atomic E-state index is -0.113. The van der Waals surface area contributed by atoms with Crippen LogP contribution in [0.3, 0.4) is 0 Å². The molecule has 60 valence electrons. The van der Waals surface area contributed by atoms with Crippen LogP contribution in [0.1, 0.15) is 17.3 Å². The molecule has 0 aliphatic carbocycles. The Balaban J connectivity index is 0.000001000.